The molecule has 9 heteroatoms. The maximum absolute atomic E-state index is 14.7. The number of Topliss-reactive ketones (excluding diaryl/α,β-unsaturated/α-hetero) is 1. The van der Waals surface area contributed by atoms with Crippen molar-refractivity contribution in [1.29, 1.82) is 0 Å². The summed E-state index contributed by atoms with van der Waals surface area (Å²) in [6.45, 7) is 0.497. The minimum atomic E-state index is -1.05. The number of nitrogens with zero attached hydrogens (tertiary/aromatic N) is 1. The van der Waals surface area contributed by atoms with E-state index in [2.05, 4.69) is 34.6 Å². The van der Waals surface area contributed by atoms with Crippen LogP contribution in [0.2, 0.25) is 0 Å². The molecule has 0 saturated heterocycles. The third kappa shape index (κ3) is 9.67. The number of nitrogens with one attached hydrogen (secondary N) is 1. The van der Waals surface area contributed by atoms with E-state index in [1.807, 2.05) is 49.5 Å². The molecule has 1 fully saturated rings. The van der Waals surface area contributed by atoms with E-state index in [1.54, 1.807) is 49.8 Å². The van der Waals surface area contributed by atoms with Gasteiger partial charge in [0, 0.05) is 30.9 Å². The largest absolute Gasteiger partial charge is 0.670 e. The first kappa shape index (κ1) is 40.4. The first-order valence-electron chi connectivity index (χ1n) is 20.3. The lowest BCUT2D eigenvalue weighted by atomic mass is 9.80. The predicted octanol–water partition coefficient (Wildman–Crippen LogP) is 8.30. The number of aromatic nitrogens is 1. The molecule has 302 valence electrons. The Balaban J connectivity index is 1.20. The van der Waals surface area contributed by atoms with E-state index in [4.69, 9.17) is 9.47 Å². The van der Waals surface area contributed by atoms with E-state index in [-0.39, 0.29) is 42.0 Å². The van der Waals surface area contributed by atoms with Gasteiger partial charge >= 0.3 is 0 Å². The smallest absolute Gasteiger partial charge is 0.164 e. The zero-order valence-electron chi connectivity index (χ0n) is 33.2. The van der Waals surface area contributed by atoms with Crippen LogP contribution >= 0.6 is 0 Å². The summed E-state index contributed by atoms with van der Waals surface area (Å²) in [7, 11) is 3.37. The van der Waals surface area contributed by atoms with Crippen molar-refractivity contribution in [3.63, 3.8) is 0 Å². The third-order valence-corrected chi connectivity index (χ3v) is 11.6. The number of phenolic OH excluding ortho intramolecular Hbond substituents is 3. The summed E-state index contributed by atoms with van der Waals surface area (Å²) in [4.78, 5) is 19.0. The molecule has 0 unspecified atom stereocenters. The molecule has 1 aromatic heterocycles. The molecule has 1 heterocycles. The van der Waals surface area contributed by atoms with Crippen molar-refractivity contribution in [3.8, 4) is 28.7 Å². The van der Waals surface area contributed by atoms with Gasteiger partial charge in [-0.25, -0.2) is 0 Å². The number of methoxy groups -OCH3 is 1. The molecule has 5 N–H and O–H groups in total. The molecule has 58 heavy (non-hydrogen) atoms. The Morgan fingerprint density at radius 1 is 0.828 bits per heavy atom. The molecule has 0 amide bonds. The van der Waals surface area contributed by atoms with Crippen LogP contribution in [0.3, 0.4) is 0 Å². The van der Waals surface area contributed by atoms with Crippen LogP contribution in [0, 0.1) is 5.92 Å². The maximum Gasteiger partial charge on any atom is 0.164 e. The first-order valence-corrected chi connectivity index (χ1v) is 20.3. The highest BCUT2D eigenvalue weighted by Gasteiger charge is 2.30. The summed E-state index contributed by atoms with van der Waals surface area (Å²) in [5.74, 6) is -0.365. The van der Waals surface area contributed by atoms with Crippen LogP contribution in [-0.4, -0.2) is 52.6 Å². The Morgan fingerprint density at radius 2 is 1.62 bits per heavy atom. The van der Waals surface area contributed by atoms with Gasteiger partial charge in [0.2, 0.25) is 0 Å². The molecular weight excluding hydrogens is 729 g/mol. The van der Waals surface area contributed by atoms with Crippen LogP contribution in [0.4, 0.5) is 0 Å². The van der Waals surface area contributed by atoms with Crippen LogP contribution in [0.5, 0.6) is 28.7 Å². The fourth-order valence-corrected chi connectivity index (χ4v) is 8.62. The first-order chi connectivity index (χ1) is 28.2. The highest BCUT2D eigenvalue weighted by Crippen LogP contribution is 2.39. The molecule has 9 nitrogen and oxygen atoms in total. The van der Waals surface area contributed by atoms with Gasteiger partial charge in [-0.05, 0) is 127 Å². The number of carbonyl (C=O) groups excluding carboxylic acids is 1. The monoisotopic (exact) mass is 781 g/mol. The Kier molecular flexibility index (Phi) is 13.0. The fraction of sp³-hybridized carbons (Fsp3) is 0.327. The van der Waals surface area contributed by atoms with Crippen LogP contribution in [0.1, 0.15) is 77.0 Å². The van der Waals surface area contributed by atoms with Crippen molar-refractivity contribution in [3.05, 3.63) is 148 Å². The molecular formula is C49H53N2O7-. The van der Waals surface area contributed by atoms with E-state index in [9.17, 15) is 25.2 Å². The SMILES string of the molecule is CNCc1cc(O)cc([C@@H](Cc2ccc(O)c(OC3CCCC3)c2)C(=O)C[C@@H](O)[C@H](Cc2cc[n-]c2)Cc2ccc(O)c(OC)c2Cc2cccc3ccccc23)c1. The molecule has 1 aliphatic carbocycles. The Morgan fingerprint density at radius 3 is 2.40 bits per heavy atom. The van der Waals surface area contributed by atoms with Crippen molar-refractivity contribution >= 4 is 16.6 Å². The number of phenols is 3. The van der Waals surface area contributed by atoms with E-state index >= 15 is 0 Å². The molecule has 5 aromatic carbocycles. The average Bonchev–Trinajstić information content (AvgIpc) is 3.94. The molecule has 1 aliphatic rings. The van der Waals surface area contributed by atoms with E-state index in [1.165, 1.54) is 0 Å². The van der Waals surface area contributed by atoms with Gasteiger partial charge in [-0.15, -0.1) is 0 Å². The molecule has 0 bridgehead atoms. The van der Waals surface area contributed by atoms with Crippen LogP contribution in [0.25, 0.3) is 10.8 Å². The topological polar surface area (TPSA) is 143 Å². The van der Waals surface area contributed by atoms with Gasteiger partial charge in [0.1, 0.15) is 11.5 Å². The molecule has 0 aliphatic heterocycles. The fourth-order valence-electron chi connectivity index (χ4n) is 8.62. The van der Waals surface area contributed by atoms with Crippen LogP contribution < -0.4 is 19.8 Å². The number of aliphatic hydroxyl groups is 1. The summed E-state index contributed by atoms with van der Waals surface area (Å²) in [6, 6.07) is 30.3. The van der Waals surface area contributed by atoms with E-state index in [0.717, 1.165) is 69.8 Å². The highest BCUT2D eigenvalue weighted by molar-refractivity contribution is 5.87. The normalized spacial score (nSPS) is 14.7. The molecule has 0 radical (unpaired) electrons. The number of ketones is 1. The number of carbonyl (C=O) groups is 1. The lowest BCUT2D eigenvalue weighted by Crippen LogP contribution is -2.30. The summed E-state index contributed by atoms with van der Waals surface area (Å²) in [5, 5.41) is 50.0. The second-order valence-electron chi connectivity index (χ2n) is 15.7. The van der Waals surface area contributed by atoms with Crippen molar-refractivity contribution in [2.75, 3.05) is 14.2 Å². The Hall–Kier alpha value is -5.77. The van der Waals surface area contributed by atoms with E-state index < -0.39 is 17.9 Å². The minimum absolute atomic E-state index is 0.0339. The number of benzene rings is 5. The zero-order chi connectivity index (χ0) is 40.6. The molecule has 7 rings (SSSR count). The predicted molar refractivity (Wildman–Crippen MR) is 226 cm³/mol. The number of fused-ring (bicyclic) bond motifs is 1. The number of hydrogen-bond donors (Lipinski definition) is 5. The Labute approximate surface area is 340 Å². The van der Waals surface area contributed by atoms with Crippen LogP contribution in [-0.2, 0) is 37.0 Å². The van der Waals surface area contributed by atoms with Gasteiger partial charge in [-0.3, -0.25) is 4.79 Å². The van der Waals surface area contributed by atoms with Crippen molar-refractivity contribution in [2.45, 2.75) is 82.5 Å². The summed E-state index contributed by atoms with van der Waals surface area (Å²) in [6.07, 6.45) is 8.03. The Bertz CT molecular complexity index is 2310. The molecule has 1 saturated carbocycles. The van der Waals surface area contributed by atoms with Gasteiger partial charge in [-0.1, -0.05) is 72.3 Å². The lowest BCUT2D eigenvalue weighted by molar-refractivity contribution is -0.123. The van der Waals surface area contributed by atoms with Crippen molar-refractivity contribution < 1.29 is 34.7 Å². The van der Waals surface area contributed by atoms with Gasteiger partial charge < -0.3 is 40.2 Å². The highest BCUT2D eigenvalue weighted by atomic mass is 16.5. The third-order valence-electron chi connectivity index (χ3n) is 11.6. The number of aromatic hydroxyl groups is 3. The summed E-state index contributed by atoms with van der Waals surface area (Å²) in [5.41, 5.74) is 6.01. The summed E-state index contributed by atoms with van der Waals surface area (Å²) >= 11 is 0. The summed E-state index contributed by atoms with van der Waals surface area (Å²) < 4.78 is 12.0. The number of hydrogen-bond acceptors (Lipinski definition) is 8. The number of rotatable bonds is 18. The molecule has 6 aromatic rings. The van der Waals surface area contributed by atoms with Gasteiger partial charge in [0.25, 0.3) is 0 Å². The minimum Gasteiger partial charge on any atom is -0.670 e. The average molecular weight is 782 g/mol. The van der Waals surface area contributed by atoms with Gasteiger partial charge in [-0.2, -0.15) is 12.4 Å². The number of ether oxygens (including phenoxy) is 2. The standard InChI is InChI=1S/C49H53N2O7/c1-50-29-33-21-37(26-39(52)22-33)42(23-31-14-16-44(53)48(24-31)58-40-11-4-5-12-40)47(56)28-46(55)38(20-32-18-19-51-30-32)25-36-15-17-45(54)49(57-2)43(36)27-35-10-7-9-34-8-3-6-13-41(34)35/h3,6-10,13-19,21-22,24,26,30,38,40,42,46,50,52-55H,4-5,11-12,20,23,25,27-29H2,1-2H3/q-1/t38-,42-,46-/m1/s1. The second kappa shape index (κ2) is 18.7. The van der Waals surface area contributed by atoms with Gasteiger partial charge in [0.05, 0.1) is 19.3 Å². The van der Waals surface area contributed by atoms with Gasteiger partial charge in [0.15, 0.2) is 23.0 Å². The van der Waals surface area contributed by atoms with E-state index in [0.29, 0.717) is 42.9 Å². The van der Waals surface area contributed by atoms with Crippen molar-refractivity contribution in [2.24, 2.45) is 5.92 Å². The van der Waals surface area contributed by atoms with Crippen LogP contribution in [0.15, 0.2) is 109 Å². The second-order valence-corrected chi connectivity index (χ2v) is 15.7. The lowest BCUT2D eigenvalue weighted by Gasteiger charge is -2.27. The zero-order valence-corrected chi connectivity index (χ0v) is 33.2. The number of aliphatic hydroxyl groups excluding tert-OH is 1. The maximum atomic E-state index is 14.7. The molecule has 0 spiro atoms. The quantitative estimate of drug-likeness (QED) is 0.0582. The molecule has 3 atom stereocenters. The van der Waals surface area contributed by atoms with Crippen molar-refractivity contribution in [1.82, 2.24) is 10.3 Å².